The number of hydrogen-bond donors (Lipinski definition) is 1. The highest BCUT2D eigenvalue weighted by Crippen LogP contribution is 2.36. The van der Waals surface area contributed by atoms with Crippen LogP contribution in [-0.2, 0) is 0 Å². The van der Waals surface area contributed by atoms with Crippen molar-refractivity contribution in [3.8, 4) is 5.75 Å². The molecule has 0 saturated heterocycles. The van der Waals surface area contributed by atoms with Crippen LogP contribution >= 0.6 is 0 Å². The molecular formula is C18H14O2. The van der Waals surface area contributed by atoms with E-state index in [0.29, 0.717) is 6.61 Å². The second-order valence-electron chi connectivity index (χ2n) is 5.03. The average Bonchev–Trinajstić information content (AvgIpc) is 2.50. The molecule has 0 bridgehead atoms. The maximum atomic E-state index is 8.88. The quantitative estimate of drug-likeness (QED) is 0.566. The van der Waals surface area contributed by atoms with Crippen molar-refractivity contribution in [1.29, 1.82) is 0 Å². The Morgan fingerprint density at radius 2 is 1.30 bits per heavy atom. The zero-order chi connectivity index (χ0) is 13.5. The molecule has 4 rings (SSSR count). The van der Waals surface area contributed by atoms with Crippen LogP contribution in [0.25, 0.3) is 32.3 Å². The fourth-order valence-corrected chi connectivity index (χ4v) is 2.97. The molecule has 0 fully saturated rings. The Labute approximate surface area is 116 Å². The summed E-state index contributed by atoms with van der Waals surface area (Å²) in [6.07, 6.45) is 0. The molecule has 0 saturated carbocycles. The van der Waals surface area contributed by atoms with Crippen molar-refractivity contribution in [2.24, 2.45) is 0 Å². The van der Waals surface area contributed by atoms with Gasteiger partial charge < -0.3 is 9.84 Å². The predicted octanol–water partition coefficient (Wildman–Crippen LogP) is 3.96. The molecule has 0 spiro atoms. The molecule has 0 atom stereocenters. The largest absolute Gasteiger partial charge is 0.491 e. The van der Waals surface area contributed by atoms with Gasteiger partial charge in [-0.3, -0.25) is 0 Å². The summed E-state index contributed by atoms with van der Waals surface area (Å²) in [5, 5.41) is 16.4. The second kappa shape index (κ2) is 4.36. The molecule has 0 amide bonds. The summed E-state index contributed by atoms with van der Waals surface area (Å²) < 4.78 is 5.55. The number of aliphatic hydroxyl groups is 1. The molecule has 0 heterocycles. The minimum Gasteiger partial charge on any atom is -0.491 e. The Hall–Kier alpha value is -2.32. The third-order valence-electron chi connectivity index (χ3n) is 3.80. The van der Waals surface area contributed by atoms with Crippen molar-refractivity contribution >= 4 is 32.3 Å². The smallest absolute Gasteiger partial charge is 0.120 e. The van der Waals surface area contributed by atoms with Crippen LogP contribution in [-0.4, -0.2) is 18.3 Å². The fraction of sp³-hybridized carbons (Fsp3) is 0.111. The lowest BCUT2D eigenvalue weighted by molar-refractivity contribution is 0.201. The van der Waals surface area contributed by atoms with E-state index in [9.17, 15) is 0 Å². The zero-order valence-electron chi connectivity index (χ0n) is 11.0. The van der Waals surface area contributed by atoms with E-state index >= 15 is 0 Å². The summed E-state index contributed by atoms with van der Waals surface area (Å²) in [4.78, 5) is 0. The first kappa shape index (κ1) is 11.5. The van der Waals surface area contributed by atoms with Gasteiger partial charge in [0.15, 0.2) is 0 Å². The van der Waals surface area contributed by atoms with Crippen LogP contribution in [0.15, 0.2) is 54.6 Å². The zero-order valence-corrected chi connectivity index (χ0v) is 11.0. The predicted molar refractivity (Wildman–Crippen MR) is 82.7 cm³/mol. The van der Waals surface area contributed by atoms with E-state index in [1.807, 2.05) is 12.1 Å². The molecule has 1 N–H and O–H groups in total. The first-order chi connectivity index (χ1) is 9.86. The van der Waals surface area contributed by atoms with Gasteiger partial charge >= 0.3 is 0 Å². The molecule has 2 heteroatoms. The highest BCUT2D eigenvalue weighted by Gasteiger charge is 2.09. The summed E-state index contributed by atoms with van der Waals surface area (Å²) in [6.45, 7) is 0.360. The number of hydrogen-bond acceptors (Lipinski definition) is 2. The van der Waals surface area contributed by atoms with Crippen molar-refractivity contribution < 1.29 is 9.84 Å². The van der Waals surface area contributed by atoms with Gasteiger partial charge in [-0.05, 0) is 44.5 Å². The van der Waals surface area contributed by atoms with E-state index in [4.69, 9.17) is 9.84 Å². The van der Waals surface area contributed by atoms with Crippen molar-refractivity contribution in [2.75, 3.05) is 13.2 Å². The molecule has 0 radical (unpaired) electrons. The molecule has 4 aromatic carbocycles. The lowest BCUT2D eigenvalue weighted by Gasteiger charge is -2.12. The molecule has 0 aromatic heterocycles. The van der Waals surface area contributed by atoms with Crippen LogP contribution in [0.3, 0.4) is 0 Å². The van der Waals surface area contributed by atoms with Crippen LogP contribution in [0.5, 0.6) is 5.75 Å². The highest BCUT2D eigenvalue weighted by molar-refractivity contribution is 6.23. The monoisotopic (exact) mass is 262 g/mol. The maximum absolute atomic E-state index is 8.88. The average molecular weight is 262 g/mol. The Morgan fingerprint density at radius 3 is 1.90 bits per heavy atom. The first-order valence-corrected chi connectivity index (χ1v) is 6.78. The SMILES string of the molecule is OCCOc1cc2ccc3cccc4ccc(c1)c2c34. The lowest BCUT2D eigenvalue weighted by atomic mass is 9.94. The van der Waals surface area contributed by atoms with Crippen molar-refractivity contribution in [3.05, 3.63) is 54.6 Å². The molecule has 20 heavy (non-hydrogen) atoms. The van der Waals surface area contributed by atoms with Crippen molar-refractivity contribution in [3.63, 3.8) is 0 Å². The normalized spacial score (nSPS) is 11.7. The van der Waals surface area contributed by atoms with Gasteiger partial charge in [0.1, 0.15) is 12.4 Å². The number of rotatable bonds is 3. The van der Waals surface area contributed by atoms with E-state index in [1.165, 1.54) is 32.3 Å². The van der Waals surface area contributed by atoms with Crippen LogP contribution in [0.1, 0.15) is 0 Å². The standard InChI is InChI=1S/C18H14O2/c19-8-9-20-16-10-14-6-4-12-2-1-3-13-5-7-15(11-16)18(14)17(12)13/h1-7,10-11,19H,8-9H2. The summed E-state index contributed by atoms with van der Waals surface area (Å²) in [6, 6.07) is 19.1. The van der Waals surface area contributed by atoms with Gasteiger partial charge in [0, 0.05) is 0 Å². The summed E-state index contributed by atoms with van der Waals surface area (Å²) in [7, 11) is 0. The van der Waals surface area contributed by atoms with Gasteiger partial charge in [0.25, 0.3) is 0 Å². The van der Waals surface area contributed by atoms with E-state index in [0.717, 1.165) is 5.75 Å². The molecule has 0 aliphatic heterocycles. The van der Waals surface area contributed by atoms with Crippen molar-refractivity contribution in [1.82, 2.24) is 0 Å². The Balaban J connectivity index is 2.08. The van der Waals surface area contributed by atoms with E-state index in [1.54, 1.807) is 0 Å². The minimum atomic E-state index is 0.0328. The number of benzene rings is 4. The van der Waals surface area contributed by atoms with E-state index in [2.05, 4.69) is 42.5 Å². The van der Waals surface area contributed by atoms with Gasteiger partial charge in [-0.15, -0.1) is 0 Å². The minimum absolute atomic E-state index is 0.0328. The fourth-order valence-electron chi connectivity index (χ4n) is 2.97. The third-order valence-corrected chi connectivity index (χ3v) is 3.80. The van der Waals surface area contributed by atoms with Crippen LogP contribution in [0.4, 0.5) is 0 Å². The molecular weight excluding hydrogens is 248 g/mol. The lowest BCUT2D eigenvalue weighted by Crippen LogP contribution is -2.01. The summed E-state index contributed by atoms with van der Waals surface area (Å²) in [5.41, 5.74) is 0. The van der Waals surface area contributed by atoms with Crippen molar-refractivity contribution in [2.45, 2.75) is 0 Å². The maximum Gasteiger partial charge on any atom is 0.120 e. The summed E-state index contributed by atoms with van der Waals surface area (Å²) in [5.74, 6) is 0.810. The third kappa shape index (κ3) is 1.62. The van der Waals surface area contributed by atoms with E-state index < -0.39 is 0 Å². The van der Waals surface area contributed by atoms with Crippen LogP contribution in [0, 0.1) is 0 Å². The molecule has 0 aliphatic carbocycles. The Morgan fingerprint density at radius 1 is 0.750 bits per heavy atom. The first-order valence-electron chi connectivity index (χ1n) is 6.78. The Kier molecular flexibility index (Phi) is 2.51. The van der Waals surface area contributed by atoms with Crippen LogP contribution < -0.4 is 4.74 Å². The molecule has 2 nitrogen and oxygen atoms in total. The van der Waals surface area contributed by atoms with Crippen LogP contribution in [0.2, 0.25) is 0 Å². The topological polar surface area (TPSA) is 29.5 Å². The van der Waals surface area contributed by atoms with Gasteiger partial charge in [0.05, 0.1) is 6.61 Å². The molecule has 98 valence electrons. The number of ether oxygens (including phenoxy) is 1. The highest BCUT2D eigenvalue weighted by atomic mass is 16.5. The number of aliphatic hydroxyl groups excluding tert-OH is 1. The van der Waals surface area contributed by atoms with Gasteiger partial charge in [-0.25, -0.2) is 0 Å². The molecule has 0 unspecified atom stereocenters. The van der Waals surface area contributed by atoms with Gasteiger partial charge in [0.2, 0.25) is 0 Å². The van der Waals surface area contributed by atoms with Gasteiger partial charge in [-0.1, -0.05) is 42.5 Å². The molecule has 0 aliphatic rings. The van der Waals surface area contributed by atoms with Gasteiger partial charge in [-0.2, -0.15) is 0 Å². The second-order valence-corrected chi connectivity index (χ2v) is 5.03. The Bertz CT molecular complexity index is 832. The molecule has 4 aromatic rings. The van der Waals surface area contributed by atoms with E-state index in [-0.39, 0.29) is 6.61 Å². The summed E-state index contributed by atoms with van der Waals surface area (Å²) >= 11 is 0.